The molecule has 1 unspecified atom stereocenters. The fourth-order valence-corrected chi connectivity index (χ4v) is 10.1. The summed E-state index contributed by atoms with van der Waals surface area (Å²) < 4.78 is 23.9. The van der Waals surface area contributed by atoms with Crippen LogP contribution in [0.25, 0.3) is 0 Å². The van der Waals surface area contributed by atoms with Crippen molar-refractivity contribution in [3.63, 3.8) is 0 Å². The van der Waals surface area contributed by atoms with E-state index in [1.807, 2.05) is 51.2 Å². The molecule has 4 rings (SSSR count). The lowest BCUT2D eigenvalue weighted by molar-refractivity contribution is -0.263. The number of piperidine rings is 1. The lowest BCUT2D eigenvalue weighted by atomic mass is 9.76. The van der Waals surface area contributed by atoms with Crippen LogP contribution < -0.4 is 5.73 Å². The van der Waals surface area contributed by atoms with Crippen LogP contribution in [0.2, 0.25) is 0 Å². The fraction of sp³-hybridized carbons (Fsp3) is 0.760. The number of aliphatic hydroxyl groups is 2. The number of nitrogens with two attached hydrogens (primary N) is 1. The number of ketones is 2. The number of cyclic esters (lactones) is 1. The van der Waals surface area contributed by atoms with Crippen molar-refractivity contribution in [3.05, 3.63) is 47.6 Å². The van der Waals surface area contributed by atoms with Crippen molar-refractivity contribution in [2.24, 2.45) is 41.2 Å². The predicted molar refractivity (Wildman–Crippen MR) is 241 cm³/mol. The first-order valence-corrected chi connectivity index (χ1v) is 23.6. The van der Waals surface area contributed by atoms with Crippen LogP contribution in [-0.2, 0) is 38.1 Å². The summed E-state index contributed by atoms with van der Waals surface area (Å²) in [6.45, 7) is 13.9. The SMILES string of the molecule is CO[C@@H]1C[C@H](C[C@@H](C)[C@@H]2CC[C@H](N)/C=C(\C)[C@@H](O)[C@@H](OC)C(=O)[C@H](C)C[C@H](C)/C=C/C=C/C=C(\C)CCC3CC[C@@H](C)[C@@](O)(O3)C(=O)C(=O)N3CCCC[C@H]3C(=O)O2)CC[C@H]1C. The number of nitrogens with zero attached hydrogens (tertiary/aromatic N) is 1. The monoisotopic (exact) mass is 869 g/mol. The Bertz CT molecular complexity index is 1620. The van der Waals surface area contributed by atoms with E-state index >= 15 is 0 Å². The Balaban J connectivity index is 1.64. The smallest absolute Gasteiger partial charge is 0.329 e. The molecule has 350 valence electrons. The van der Waals surface area contributed by atoms with E-state index in [1.165, 1.54) is 12.0 Å². The zero-order valence-corrected chi connectivity index (χ0v) is 39.3. The van der Waals surface area contributed by atoms with Crippen LogP contribution >= 0.6 is 0 Å². The summed E-state index contributed by atoms with van der Waals surface area (Å²) in [4.78, 5) is 57.4. The number of ether oxygens (including phenoxy) is 4. The van der Waals surface area contributed by atoms with Gasteiger partial charge >= 0.3 is 5.97 Å². The normalized spacial score (nSPS) is 40.5. The number of aliphatic hydroxyl groups excluding tert-OH is 1. The maximum Gasteiger partial charge on any atom is 0.329 e. The number of rotatable bonds is 5. The van der Waals surface area contributed by atoms with Gasteiger partial charge in [-0.15, -0.1) is 0 Å². The Morgan fingerprint density at radius 2 is 1.65 bits per heavy atom. The zero-order valence-electron chi connectivity index (χ0n) is 39.3. The highest BCUT2D eigenvalue weighted by atomic mass is 16.6. The number of carbonyl (C=O) groups is 4. The molecule has 4 aliphatic rings. The van der Waals surface area contributed by atoms with Crippen LogP contribution in [0, 0.1) is 35.5 Å². The van der Waals surface area contributed by atoms with Gasteiger partial charge in [-0.1, -0.05) is 76.6 Å². The van der Waals surface area contributed by atoms with E-state index in [2.05, 4.69) is 13.8 Å². The molecule has 1 aliphatic carbocycles. The average molecular weight is 869 g/mol. The number of carbonyl (C=O) groups excluding carboxylic acids is 4. The minimum atomic E-state index is -2.30. The number of Topliss-reactive ketones (excluding diaryl/α,β-unsaturated/α-hetero) is 2. The van der Waals surface area contributed by atoms with E-state index in [1.54, 1.807) is 27.0 Å². The van der Waals surface area contributed by atoms with Crippen LogP contribution in [0.15, 0.2) is 47.6 Å². The Morgan fingerprint density at radius 3 is 2.35 bits per heavy atom. The van der Waals surface area contributed by atoms with Crippen molar-refractivity contribution in [1.82, 2.24) is 4.90 Å². The van der Waals surface area contributed by atoms with Crippen molar-refractivity contribution < 1.29 is 48.3 Å². The predicted octanol–water partition coefficient (Wildman–Crippen LogP) is 7.34. The summed E-state index contributed by atoms with van der Waals surface area (Å²) in [5.41, 5.74) is 8.29. The Kier molecular flexibility index (Phi) is 20.3. The van der Waals surface area contributed by atoms with Gasteiger partial charge < -0.3 is 39.8 Å². The van der Waals surface area contributed by atoms with Crippen molar-refractivity contribution in [2.75, 3.05) is 20.8 Å². The molecule has 0 spiro atoms. The van der Waals surface area contributed by atoms with E-state index in [4.69, 9.17) is 24.7 Å². The summed E-state index contributed by atoms with van der Waals surface area (Å²) in [6.07, 6.45) is 17.8. The number of fused-ring (bicyclic) bond motifs is 3. The molecule has 12 heteroatoms. The van der Waals surface area contributed by atoms with Gasteiger partial charge in [0.2, 0.25) is 5.79 Å². The second-order valence-electron chi connectivity index (χ2n) is 19.5. The lowest BCUT2D eigenvalue weighted by Crippen LogP contribution is -2.60. The highest BCUT2D eigenvalue weighted by molar-refractivity contribution is 6.39. The number of allylic oxidation sites excluding steroid dienone is 6. The molecule has 3 fully saturated rings. The first kappa shape index (κ1) is 51.6. The maximum absolute atomic E-state index is 14.3. The largest absolute Gasteiger partial charge is 0.461 e. The van der Waals surface area contributed by atoms with Gasteiger partial charge in [-0.05, 0) is 133 Å². The van der Waals surface area contributed by atoms with Crippen molar-refractivity contribution in [2.45, 2.75) is 187 Å². The fourth-order valence-electron chi connectivity index (χ4n) is 10.1. The molecule has 3 aliphatic heterocycles. The van der Waals surface area contributed by atoms with Gasteiger partial charge in [-0.2, -0.15) is 0 Å². The first-order valence-electron chi connectivity index (χ1n) is 23.6. The van der Waals surface area contributed by atoms with E-state index in [-0.39, 0.29) is 36.2 Å². The number of hydrogen-bond acceptors (Lipinski definition) is 11. The van der Waals surface area contributed by atoms with Gasteiger partial charge in [-0.3, -0.25) is 14.4 Å². The standard InChI is InChI=1S/C50H80N2O10/c1-31-15-11-10-12-16-32(2)27-35(5)44(53)46(60-9)45(54)36(6)29-39(51)22-25-42(34(4)28-38-21-19-33(3)43(30-38)59-8)61-49(57)41-17-13-14-26-52(41)48(56)47(55)50(58)37(7)20-24-40(62-50)23-18-31/h10-12,15-16,29,32-35,37-43,45-46,54,58H,13-14,17-28,30,51H2,1-9H3/b11-10+,16-12+,31-15+,36-29+/t32-,33-,34-,35-,37-,38+,39+,40?,41+,42+,43-,45-,46+,50-/m1/s1. The third kappa shape index (κ3) is 14.0. The van der Waals surface area contributed by atoms with Crippen molar-refractivity contribution in [3.8, 4) is 0 Å². The molecular weight excluding hydrogens is 789 g/mol. The molecule has 62 heavy (non-hydrogen) atoms. The summed E-state index contributed by atoms with van der Waals surface area (Å²) in [5.74, 6) is -5.14. The van der Waals surface area contributed by atoms with Crippen LogP contribution in [0.4, 0.5) is 0 Å². The Morgan fingerprint density at radius 1 is 0.903 bits per heavy atom. The van der Waals surface area contributed by atoms with Crippen LogP contribution in [0.5, 0.6) is 0 Å². The van der Waals surface area contributed by atoms with Gasteiger partial charge in [0.1, 0.15) is 24.4 Å². The molecule has 3 heterocycles. The number of methoxy groups -OCH3 is 2. The minimum absolute atomic E-state index is 0.0608. The average Bonchev–Trinajstić information content (AvgIpc) is 3.25. The highest BCUT2D eigenvalue weighted by Crippen LogP contribution is 2.38. The third-order valence-electron chi connectivity index (χ3n) is 14.3. The van der Waals surface area contributed by atoms with E-state index in [0.717, 1.165) is 31.3 Å². The van der Waals surface area contributed by atoms with E-state index in [9.17, 15) is 29.4 Å². The second kappa shape index (κ2) is 24.3. The number of esters is 1. The summed E-state index contributed by atoms with van der Waals surface area (Å²) in [7, 11) is 3.19. The topological polar surface area (TPSA) is 175 Å². The molecule has 0 aromatic rings. The molecule has 2 bridgehead atoms. The van der Waals surface area contributed by atoms with Crippen LogP contribution in [0.1, 0.15) is 138 Å². The molecule has 0 aromatic heterocycles. The summed E-state index contributed by atoms with van der Waals surface area (Å²) in [6, 6.07) is -1.52. The highest BCUT2D eigenvalue weighted by Gasteiger charge is 2.52. The van der Waals surface area contributed by atoms with Gasteiger partial charge in [0.15, 0.2) is 5.78 Å². The molecular formula is C50H80N2O10. The number of amides is 1. The molecule has 4 N–H and O–H groups in total. The van der Waals surface area contributed by atoms with Crippen LogP contribution in [-0.4, -0.2) is 108 Å². The molecule has 1 amide bonds. The molecule has 2 saturated heterocycles. The quantitative estimate of drug-likeness (QED) is 0.143. The lowest BCUT2D eigenvalue weighted by Gasteiger charge is -2.42. The maximum atomic E-state index is 14.3. The molecule has 14 atom stereocenters. The van der Waals surface area contributed by atoms with Gasteiger partial charge in [0, 0.05) is 38.6 Å². The minimum Gasteiger partial charge on any atom is -0.461 e. The van der Waals surface area contributed by atoms with Crippen molar-refractivity contribution >= 4 is 23.4 Å². The molecule has 12 nitrogen and oxygen atoms in total. The Labute approximate surface area is 372 Å². The van der Waals surface area contributed by atoms with Gasteiger partial charge in [0.05, 0.1) is 12.2 Å². The number of hydrogen-bond donors (Lipinski definition) is 3. The summed E-state index contributed by atoms with van der Waals surface area (Å²) in [5, 5.41) is 23.2. The first-order chi connectivity index (χ1) is 29.4. The molecule has 0 radical (unpaired) electrons. The van der Waals surface area contributed by atoms with Gasteiger partial charge in [-0.25, -0.2) is 4.79 Å². The van der Waals surface area contributed by atoms with Crippen LogP contribution in [0.3, 0.4) is 0 Å². The summed E-state index contributed by atoms with van der Waals surface area (Å²) >= 11 is 0. The van der Waals surface area contributed by atoms with Gasteiger partial charge in [0.25, 0.3) is 11.7 Å². The second-order valence-corrected chi connectivity index (χ2v) is 19.5. The molecule has 1 saturated carbocycles. The Hall–Kier alpha value is -3.00. The van der Waals surface area contributed by atoms with E-state index < -0.39 is 65.9 Å². The molecule has 0 aromatic carbocycles. The zero-order chi connectivity index (χ0) is 45.7. The van der Waals surface area contributed by atoms with E-state index in [0.29, 0.717) is 81.6 Å². The van der Waals surface area contributed by atoms with Crippen molar-refractivity contribution in [1.29, 1.82) is 0 Å². The third-order valence-corrected chi connectivity index (χ3v) is 14.3.